The van der Waals surface area contributed by atoms with Crippen LogP contribution in [0.15, 0.2) is 29.6 Å². The van der Waals surface area contributed by atoms with Crippen molar-refractivity contribution in [3.63, 3.8) is 0 Å². The van der Waals surface area contributed by atoms with Crippen LogP contribution in [0.25, 0.3) is 16.6 Å². The molecule has 0 bridgehead atoms. The smallest absolute Gasteiger partial charge is 0.165 e. The molecule has 0 amide bonds. The van der Waals surface area contributed by atoms with Gasteiger partial charge in [-0.3, -0.25) is 4.79 Å². The van der Waals surface area contributed by atoms with E-state index in [2.05, 4.69) is 46.0 Å². The van der Waals surface area contributed by atoms with Gasteiger partial charge in [0.1, 0.15) is 12.1 Å². The maximum atomic E-state index is 12.9. The topological polar surface area (TPSA) is 85.8 Å². The third kappa shape index (κ3) is 4.04. The number of fused-ring (bicyclic) bond motifs is 2. The molecule has 0 atom stereocenters. The summed E-state index contributed by atoms with van der Waals surface area (Å²) in [6.45, 7) is 8.46. The number of nitrogens with one attached hydrogen (secondary N) is 1. The molecule has 1 fully saturated rings. The van der Waals surface area contributed by atoms with Crippen LogP contribution in [0.1, 0.15) is 54.7 Å². The lowest BCUT2D eigenvalue weighted by molar-refractivity contribution is 0.0910. The zero-order chi connectivity index (χ0) is 22.5. The zero-order valence-electron chi connectivity index (χ0n) is 19.1. The Kier molecular flexibility index (Phi) is 5.50. The Hall–Kier alpha value is -2.38. The maximum absolute atomic E-state index is 12.9. The Morgan fingerprint density at radius 1 is 1.25 bits per heavy atom. The molecule has 168 valence electrons. The van der Waals surface area contributed by atoms with Gasteiger partial charge in [-0.1, -0.05) is 13.8 Å². The number of Topliss-reactive ketones (excluding diaryl/α,β-unsaturated/α-hetero) is 1. The van der Waals surface area contributed by atoms with Crippen molar-refractivity contribution in [1.82, 2.24) is 19.9 Å². The molecule has 6 nitrogen and oxygen atoms in total. The molecule has 32 heavy (non-hydrogen) atoms. The van der Waals surface area contributed by atoms with Crippen molar-refractivity contribution in [3.05, 3.63) is 41.5 Å². The van der Waals surface area contributed by atoms with E-state index in [9.17, 15) is 4.79 Å². The molecule has 0 aliphatic heterocycles. The number of carbonyl (C=O) groups is 1. The number of aryl methyl sites for hydroxylation is 1. The number of anilines is 1. The number of carbonyl (C=O) groups excluding carboxylic acids is 1. The number of aromatic nitrogens is 3. The Labute approximate surface area is 193 Å². The first-order valence-corrected chi connectivity index (χ1v) is 12.4. The summed E-state index contributed by atoms with van der Waals surface area (Å²) < 4.78 is 2.22. The highest BCUT2D eigenvalue weighted by Crippen LogP contribution is 2.41. The van der Waals surface area contributed by atoms with E-state index in [-0.39, 0.29) is 11.2 Å². The maximum Gasteiger partial charge on any atom is 0.165 e. The van der Waals surface area contributed by atoms with Crippen LogP contribution in [0.3, 0.4) is 0 Å². The molecule has 0 spiro atoms. The normalized spacial score (nSPS) is 17.7. The molecule has 5 rings (SSSR count). The molecule has 2 heterocycles. The van der Waals surface area contributed by atoms with E-state index in [4.69, 9.17) is 5.73 Å². The Morgan fingerprint density at radius 3 is 2.84 bits per heavy atom. The van der Waals surface area contributed by atoms with Crippen molar-refractivity contribution in [2.24, 2.45) is 11.3 Å². The largest absolute Gasteiger partial charge is 0.383 e. The number of thioether (sulfide) groups is 1. The molecule has 3 N–H and O–H groups in total. The molecule has 1 aromatic carbocycles. The molecular formula is C25H31N5OS. The third-order valence-electron chi connectivity index (χ3n) is 6.55. The van der Waals surface area contributed by atoms with Crippen LogP contribution < -0.4 is 11.1 Å². The van der Waals surface area contributed by atoms with Crippen LogP contribution in [-0.2, 0) is 6.42 Å². The lowest BCUT2D eigenvalue weighted by Gasteiger charge is -2.30. The number of hydrogen-bond donors (Lipinski definition) is 2. The SMILES string of the molecule is Cc1cn(-c2ccc3c(N)ncnc3c2SCCNCC2CC2)c2c1C(=O)CC(C)(C)C2. The quantitative estimate of drug-likeness (QED) is 0.406. The van der Waals surface area contributed by atoms with Gasteiger partial charge in [0, 0.05) is 41.6 Å². The van der Waals surface area contributed by atoms with Crippen molar-refractivity contribution >= 4 is 34.3 Å². The number of hydrogen-bond acceptors (Lipinski definition) is 6. The minimum Gasteiger partial charge on any atom is -0.383 e. The molecule has 0 radical (unpaired) electrons. The second-order valence-corrected chi connectivity index (χ2v) is 11.1. The second kappa shape index (κ2) is 8.19. The van der Waals surface area contributed by atoms with Crippen LogP contribution >= 0.6 is 11.8 Å². The summed E-state index contributed by atoms with van der Waals surface area (Å²) >= 11 is 1.80. The lowest BCUT2D eigenvalue weighted by Crippen LogP contribution is -2.28. The average molecular weight is 450 g/mol. The first kappa shape index (κ1) is 21.5. The van der Waals surface area contributed by atoms with Gasteiger partial charge in [0.15, 0.2) is 5.78 Å². The highest BCUT2D eigenvalue weighted by Gasteiger charge is 2.35. The number of benzene rings is 1. The van der Waals surface area contributed by atoms with Crippen LogP contribution in [0.4, 0.5) is 5.82 Å². The van der Waals surface area contributed by atoms with Crippen molar-refractivity contribution in [2.45, 2.75) is 51.3 Å². The lowest BCUT2D eigenvalue weighted by atomic mass is 9.75. The van der Waals surface area contributed by atoms with Crippen molar-refractivity contribution in [1.29, 1.82) is 0 Å². The van der Waals surface area contributed by atoms with Gasteiger partial charge in [-0.2, -0.15) is 0 Å². The second-order valence-electron chi connectivity index (χ2n) is 10.0. The van der Waals surface area contributed by atoms with Crippen LogP contribution in [0, 0.1) is 18.3 Å². The van der Waals surface area contributed by atoms with Crippen molar-refractivity contribution in [2.75, 3.05) is 24.6 Å². The van der Waals surface area contributed by atoms with E-state index in [1.165, 1.54) is 12.8 Å². The highest BCUT2D eigenvalue weighted by atomic mass is 32.2. The monoisotopic (exact) mass is 449 g/mol. The van der Waals surface area contributed by atoms with Gasteiger partial charge >= 0.3 is 0 Å². The highest BCUT2D eigenvalue weighted by molar-refractivity contribution is 7.99. The van der Waals surface area contributed by atoms with Crippen LogP contribution in [0.2, 0.25) is 0 Å². The average Bonchev–Trinajstić information content (AvgIpc) is 3.49. The summed E-state index contributed by atoms with van der Waals surface area (Å²) in [4.78, 5) is 22.8. The first-order valence-electron chi connectivity index (χ1n) is 11.5. The zero-order valence-corrected chi connectivity index (χ0v) is 19.9. The fraction of sp³-hybridized carbons (Fsp3) is 0.480. The van der Waals surface area contributed by atoms with Gasteiger partial charge in [0.05, 0.1) is 16.1 Å². The molecular weight excluding hydrogens is 418 g/mol. The third-order valence-corrected chi connectivity index (χ3v) is 7.64. The number of rotatable bonds is 7. The summed E-state index contributed by atoms with van der Waals surface area (Å²) in [7, 11) is 0. The number of ketones is 1. The standard InChI is InChI=1S/C25H31N5OS/c1-15-13-30(19-10-25(2,3)11-20(31)21(15)19)18-7-6-17-22(28-14-29-24(17)26)23(18)32-9-8-27-12-16-4-5-16/h6-7,13-14,16,27H,4-5,8-12H2,1-3H3,(H2,26,28,29). The number of nitrogen functional groups attached to an aromatic ring is 1. The number of nitrogens with two attached hydrogens (primary N) is 1. The van der Waals surface area contributed by atoms with Gasteiger partial charge in [-0.05, 0) is 61.8 Å². The minimum atomic E-state index is -0.0455. The summed E-state index contributed by atoms with van der Waals surface area (Å²) in [5.41, 5.74) is 11.1. The number of nitrogens with zero attached hydrogens (tertiary/aromatic N) is 3. The molecule has 2 aliphatic rings. The van der Waals surface area contributed by atoms with E-state index < -0.39 is 0 Å². The minimum absolute atomic E-state index is 0.0455. The predicted octanol–water partition coefficient (Wildman–Crippen LogP) is 4.56. The van der Waals surface area contributed by atoms with Crippen LogP contribution in [-0.4, -0.2) is 39.2 Å². The van der Waals surface area contributed by atoms with Gasteiger partial charge < -0.3 is 15.6 Å². The van der Waals surface area contributed by atoms with Crippen molar-refractivity contribution in [3.8, 4) is 5.69 Å². The Morgan fingerprint density at radius 2 is 2.06 bits per heavy atom. The molecule has 7 heteroatoms. The van der Waals surface area contributed by atoms with E-state index in [0.717, 1.165) is 69.5 Å². The van der Waals surface area contributed by atoms with E-state index >= 15 is 0 Å². The van der Waals surface area contributed by atoms with Crippen LogP contribution in [0.5, 0.6) is 0 Å². The first-order chi connectivity index (χ1) is 15.3. The van der Waals surface area contributed by atoms with Crippen molar-refractivity contribution < 1.29 is 4.79 Å². The van der Waals surface area contributed by atoms with Gasteiger partial charge in [0.2, 0.25) is 0 Å². The molecule has 0 saturated heterocycles. The Bertz CT molecular complexity index is 1190. The molecule has 2 aliphatic carbocycles. The molecule has 2 aromatic heterocycles. The molecule has 3 aromatic rings. The fourth-order valence-electron chi connectivity index (χ4n) is 4.79. The summed E-state index contributed by atoms with van der Waals surface area (Å²) in [5, 5.41) is 4.45. The van der Waals surface area contributed by atoms with Gasteiger partial charge in [-0.15, -0.1) is 11.8 Å². The fourth-order valence-corrected chi connectivity index (χ4v) is 5.86. The van der Waals surface area contributed by atoms with E-state index in [1.807, 2.05) is 13.0 Å². The van der Waals surface area contributed by atoms with E-state index in [1.54, 1.807) is 18.1 Å². The molecule has 1 saturated carbocycles. The summed E-state index contributed by atoms with van der Waals surface area (Å²) in [6.07, 6.45) is 7.85. The van der Waals surface area contributed by atoms with E-state index in [0.29, 0.717) is 12.2 Å². The predicted molar refractivity (Wildman–Crippen MR) is 131 cm³/mol. The van der Waals surface area contributed by atoms with Gasteiger partial charge in [-0.25, -0.2) is 9.97 Å². The summed E-state index contributed by atoms with van der Waals surface area (Å²) in [6, 6.07) is 4.11. The summed E-state index contributed by atoms with van der Waals surface area (Å²) in [5.74, 6) is 2.56. The molecule has 0 unspecified atom stereocenters. The Balaban J connectivity index is 1.56. The van der Waals surface area contributed by atoms with Gasteiger partial charge in [0.25, 0.3) is 0 Å².